The van der Waals surface area contributed by atoms with E-state index in [4.69, 9.17) is 5.73 Å². The molecule has 1 amide bonds. The van der Waals surface area contributed by atoms with Crippen LogP contribution in [0.25, 0.3) is 0 Å². The normalized spacial score (nSPS) is 22.6. The summed E-state index contributed by atoms with van der Waals surface area (Å²) in [5.74, 6) is -0.972. The van der Waals surface area contributed by atoms with Gasteiger partial charge < -0.3 is 11.1 Å². The first kappa shape index (κ1) is 14.3. The highest BCUT2D eigenvalue weighted by molar-refractivity contribution is 7.99. The third kappa shape index (κ3) is 3.70. The Hall–Kier alpha value is -1.07. The lowest BCUT2D eigenvalue weighted by atomic mass is 10.1. The second-order valence-electron chi connectivity index (χ2n) is 4.92. The number of thioether (sulfide) groups is 1. The number of amides is 1. The summed E-state index contributed by atoms with van der Waals surface area (Å²) in [6.07, 6.45) is 5.64. The summed E-state index contributed by atoms with van der Waals surface area (Å²) < 4.78 is 13.8. The van der Waals surface area contributed by atoms with E-state index >= 15 is 0 Å². The van der Waals surface area contributed by atoms with Crippen molar-refractivity contribution in [1.29, 1.82) is 0 Å². The van der Waals surface area contributed by atoms with Crippen LogP contribution in [0.1, 0.15) is 35.2 Å². The lowest BCUT2D eigenvalue weighted by Gasteiger charge is -2.13. The first-order valence-corrected chi connectivity index (χ1v) is 7.73. The van der Waals surface area contributed by atoms with Crippen LogP contribution < -0.4 is 11.1 Å². The predicted octanol–water partition coefficient (Wildman–Crippen LogP) is 2.30. The van der Waals surface area contributed by atoms with Crippen molar-refractivity contribution in [3.8, 4) is 0 Å². The topological polar surface area (TPSA) is 55.1 Å². The molecule has 19 heavy (non-hydrogen) atoms. The lowest BCUT2D eigenvalue weighted by Crippen LogP contribution is -2.26. The molecule has 1 aromatic rings. The Morgan fingerprint density at radius 3 is 2.89 bits per heavy atom. The lowest BCUT2D eigenvalue weighted by molar-refractivity contribution is 0.1000. The zero-order valence-corrected chi connectivity index (χ0v) is 11.8. The van der Waals surface area contributed by atoms with Gasteiger partial charge in [0.15, 0.2) is 0 Å². The van der Waals surface area contributed by atoms with Gasteiger partial charge in [0.1, 0.15) is 5.82 Å². The Balaban J connectivity index is 1.91. The highest BCUT2D eigenvalue weighted by Gasteiger charge is 2.23. The van der Waals surface area contributed by atoms with E-state index < -0.39 is 5.91 Å². The van der Waals surface area contributed by atoms with E-state index in [2.05, 4.69) is 11.6 Å². The molecule has 1 fully saturated rings. The van der Waals surface area contributed by atoms with Gasteiger partial charge >= 0.3 is 0 Å². The second-order valence-corrected chi connectivity index (χ2v) is 6.06. The maximum atomic E-state index is 13.8. The number of nitrogens with one attached hydrogen (secondary N) is 1. The molecule has 0 saturated heterocycles. The fourth-order valence-electron chi connectivity index (χ4n) is 2.44. The zero-order chi connectivity index (χ0) is 13.8. The van der Waals surface area contributed by atoms with Crippen molar-refractivity contribution in [2.75, 3.05) is 6.26 Å². The standard InChI is InChI=1S/C14H19FN2OS/c1-19-12-5-4-11(7-12)17-8-10-3-2-9(14(16)18)6-13(10)15/h2-3,6,11-12,17H,4-5,7-8H2,1H3,(H2,16,18). The van der Waals surface area contributed by atoms with Crippen LogP contribution in [-0.4, -0.2) is 23.5 Å². The quantitative estimate of drug-likeness (QED) is 0.871. The smallest absolute Gasteiger partial charge is 0.248 e. The molecule has 5 heteroatoms. The zero-order valence-electron chi connectivity index (χ0n) is 11.0. The van der Waals surface area contributed by atoms with E-state index in [-0.39, 0.29) is 11.4 Å². The van der Waals surface area contributed by atoms with Gasteiger partial charge in [0.2, 0.25) is 5.91 Å². The van der Waals surface area contributed by atoms with E-state index in [0.717, 1.165) is 18.1 Å². The fraction of sp³-hybridized carbons (Fsp3) is 0.500. The highest BCUT2D eigenvalue weighted by atomic mass is 32.2. The van der Waals surface area contributed by atoms with E-state index in [0.29, 0.717) is 18.2 Å². The van der Waals surface area contributed by atoms with Crippen LogP contribution in [0.2, 0.25) is 0 Å². The van der Waals surface area contributed by atoms with Crippen molar-refractivity contribution in [2.45, 2.75) is 37.1 Å². The minimum atomic E-state index is -0.600. The van der Waals surface area contributed by atoms with Crippen molar-refractivity contribution < 1.29 is 9.18 Å². The second kappa shape index (κ2) is 6.39. The molecule has 3 nitrogen and oxygen atoms in total. The first-order chi connectivity index (χ1) is 9.10. The Kier molecular flexibility index (Phi) is 4.82. The molecule has 1 aromatic carbocycles. The maximum Gasteiger partial charge on any atom is 0.248 e. The number of nitrogens with two attached hydrogens (primary N) is 1. The minimum Gasteiger partial charge on any atom is -0.366 e. The van der Waals surface area contributed by atoms with Crippen molar-refractivity contribution in [3.63, 3.8) is 0 Å². The van der Waals surface area contributed by atoms with E-state index in [9.17, 15) is 9.18 Å². The molecule has 0 aliphatic heterocycles. The first-order valence-electron chi connectivity index (χ1n) is 6.44. The molecule has 1 aliphatic carbocycles. The van der Waals surface area contributed by atoms with E-state index in [1.165, 1.54) is 12.5 Å². The number of halogens is 1. The largest absolute Gasteiger partial charge is 0.366 e. The van der Waals surface area contributed by atoms with Crippen LogP contribution in [0.4, 0.5) is 4.39 Å². The Labute approximate surface area is 117 Å². The van der Waals surface area contributed by atoms with Crippen LogP contribution in [0.15, 0.2) is 18.2 Å². The Morgan fingerprint density at radius 1 is 1.53 bits per heavy atom. The number of hydrogen-bond donors (Lipinski definition) is 2. The van der Waals surface area contributed by atoms with Gasteiger partial charge in [-0.05, 0) is 37.7 Å². The third-order valence-corrected chi connectivity index (χ3v) is 4.73. The van der Waals surface area contributed by atoms with Gasteiger partial charge in [0.25, 0.3) is 0 Å². The molecule has 1 aliphatic rings. The summed E-state index contributed by atoms with van der Waals surface area (Å²) in [7, 11) is 0. The number of hydrogen-bond acceptors (Lipinski definition) is 3. The number of primary amides is 1. The molecule has 0 heterocycles. The molecule has 1 saturated carbocycles. The average molecular weight is 282 g/mol. The Morgan fingerprint density at radius 2 is 2.32 bits per heavy atom. The summed E-state index contributed by atoms with van der Waals surface area (Å²) in [6, 6.07) is 4.87. The van der Waals surface area contributed by atoms with Gasteiger partial charge in [-0.3, -0.25) is 4.79 Å². The molecule has 0 spiro atoms. The van der Waals surface area contributed by atoms with Crippen LogP contribution in [-0.2, 0) is 6.54 Å². The van der Waals surface area contributed by atoms with Crippen LogP contribution in [0, 0.1) is 5.82 Å². The minimum absolute atomic E-state index is 0.213. The summed E-state index contributed by atoms with van der Waals surface area (Å²) in [4.78, 5) is 10.9. The van der Waals surface area contributed by atoms with Crippen molar-refractivity contribution in [1.82, 2.24) is 5.32 Å². The van der Waals surface area contributed by atoms with Gasteiger partial charge in [0, 0.05) is 29.0 Å². The molecule has 2 atom stereocenters. The number of benzene rings is 1. The summed E-state index contributed by atoms with van der Waals surface area (Å²) in [6.45, 7) is 0.497. The molecule has 2 unspecified atom stereocenters. The summed E-state index contributed by atoms with van der Waals surface area (Å²) >= 11 is 1.90. The average Bonchev–Trinajstić information content (AvgIpc) is 2.85. The highest BCUT2D eigenvalue weighted by Crippen LogP contribution is 2.28. The van der Waals surface area contributed by atoms with Crippen LogP contribution >= 0.6 is 11.8 Å². The van der Waals surface area contributed by atoms with Gasteiger partial charge in [-0.2, -0.15) is 11.8 Å². The molecule has 0 bridgehead atoms. The van der Waals surface area contributed by atoms with E-state index in [1.54, 1.807) is 12.1 Å². The van der Waals surface area contributed by atoms with Gasteiger partial charge in [-0.15, -0.1) is 0 Å². The monoisotopic (exact) mass is 282 g/mol. The van der Waals surface area contributed by atoms with Gasteiger partial charge in [-0.25, -0.2) is 4.39 Å². The van der Waals surface area contributed by atoms with Crippen LogP contribution in [0.5, 0.6) is 0 Å². The number of rotatable bonds is 5. The van der Waals surface area contributed by atoms with Crippen molar-refractivity contribution >= 4 is 17.7 Å². The molecule has 0 radical (unpaired) electrons. The molecule has 2 rings (SSSR count). The van der Waals surface area contributed by atoms with Gasteiger partial charge in [0.05, 0.1) is 0 Å². The summed E-state index contributed by atoms with van der Waals surface area (Å²) in [5, 5.41) is 4.10. The van der Waals surface area contributed by atoms with Crippen molar-refractivity contribution in [2.24, 2.45) is 5.73 Å². The molecular formula is C14H19FN2OS. The summed E-state index contributed by atoms with van der Waals surface area (Å²) in [5.41, 5.74) is 5.91. The number of carbonyl (C=O) groups is 1. The van der Waals surface area contributed by atoms with Gasteiger partial charge in [-0.1, -0.05) is 6.07 Å². The van der Waals surface area contributed by atoms with E-state index in [1.807, 2.05) is 11.8 Å². The molecule has 3 N–H and O–H groups in total. The molecule has 104 valence electrons. The molecular weight excluding hydrogens is 263 g/mol. The fourth-order valence-corrected chi connectivity index (χ4v) is 3.23. The van der Waals surface area contributed by atoms with Crippen molar-refractivity contribution in [3.05, 3.63) is 35.1 Å². The Bertz CT molecular complexity index is 467. The molecule has 0 aromatic heterocycles. The predicted molar refractivity (Wildman–Crippen MR) is 76.7 cm³/mol. The third-order valence-electron chi connectivity index (χ3n) is 3.64. The maximum absolute atomic E-state index is 13.8. The van der Waals surface area contributed by atoms with Crippen LogP contribution in [0.3, 0.4) is 0 Å². The SMILES string of the molecule is CSC1CCC(NCc2ccc(C(N)=O)cc2F)C1. The number of carbonyl (C=O) groups excluding carboxylic acids is 1.